The Balaban J connectivity index is 1.98. The number of nitrogens with one attached hydrogen (secondary N) is 1. The highest BCUT2D eigenvalue weighted by molar-refractivity contribution is 6.31. The molecule has 2 aromatic rings. The van der Waals surface area contributed by atoms with Crippen molar-refractivity contribution in [3.8, 4) is 0 Å². The smallest absolute Gasteiger partial charge is 0.123 e. The lowest BCUT2D eigenvalue weighted by molar-refractivity contribution is 0.573. The Morgan fingerprint density at radius 3 is 2.44 bits per heavy atom. The van der Waals surface area contributed by atoms with Gasteiger partial charge >= 0.3 is 0 Å². The molecule has 0 heterocycles. The molecule has 0 aliphatic heterocycles. The van der Waals surface area contributed by atoms with Gasteiger partial charge in [0.2, 0.25) is 0 Å². The van der Waals surface area contributed by atoms with Gasteiger partial charge in [0.05, 0.1) is 0 Å². The third kappa shape index (κ3) is 3.31. The maximum Gasteiger partial charge on any atom is 0.123 e. The second kappa shape index (κ2) is 5.98. The molecule has 0 aliphatic carbocycles. The first-order valence-corrected chi connectivity index (χ1v) is 6.27. The minimum Gasteiger partial charge on any atom is -0.306 e. The van der Waals surface area contributed by atoms with Gasteiger partial charge in [0.15, 0.2) is 0 Å². The highest BCUT2D eigenvalue weighted by Gasteiger charge is 2.08. The van der Waals surface area contributed by atoms with Crippen LogP contribution < -0.4 is 5.32 Å². The molecule has 0 unspecified atom stereocenters. The van der Waals surface area contributed by atoms with Gasteiger partial charge in [0.25, 0.3) is 0 Å². The van der Waals surface area contributed by atoms with E-state index in [0.29, 0.717) is 6.54 Å². The molecule has 0 radical (unpaired) electrons. The van der Waals surface area contributed by atoms with Crippen LogP contribution in [0.5, 0.6) is 0 Å². The van der Waals surface area contributed by atoms with E-state index < -0.39 is 0 Å². The van der Waals surface area contributed by atoms with Gasteiger partial charge in [-0.25, -0.2) is 4.39 Å². The van der Waals surface area contributed by atoms with Gasteiger partial charge in [-0.3, -0.25) is 0 Å². The van der Waals surface area contributed by atoms with Crippen LogP contribution in [0.4, 0.5) is 4.39 Å². The van der Waals surface area contributed by atoms with Gasteiger partial charge < -0.3 is 5.32 Å². The molecular formula is C15H15ClFN. The van der Waals surface area contributed by atoms with Crippen molar-refractivity contribution in [1.82, 2.24) is 5.32 Å². The summed E-state index contributed by atoms with van der Waals surface area (Å²) in [4.78, 5) is 0. The van der Waals surface area contributed by atoms with E-state index in [1.54, 1.807) is 12.1 Å². The molecule has 3 heteroatoms. The summed E-state index contributed by atoms with van der Waals surface area (Å²) in [5.74, 6) is -0.210. The zero-order chi connectivity index (χ0) is 13.0. The Hall–Kier alpha value is -1.38. The number of rotatable bonds is 4. The summed E-state index contributed by atoms with van der Waals surface area (Å²) in [5.41, 5.74) is 2.12. The van der Waals surface area contributed by atoms with Crippen LogP contribution in [0.3, 0.4) is 0 Å². The van der Waals surface area contributed by atoms with Crippen molar-refractivity contribution >= 4 is 11.6 Å². The van der Waals surface area contributed by atoms with Crippen LogP contribution in [0, 0.1) is 5.82 Å². The van der Waals surface area contributed by atoms with Crippen molar-refractivity contribution in [2.75, 3.05) is 0 Å². The predicted molar refractivity (Wildman–Crippen MR) is 73.1 cm³/mol. The Kier molecular flexibility index (Phi) is 4.34. The Morgan fingerprint density at radius 1 is 1.11 bits per heavy atom. The van der Waals surface area contributed by atoms with Crippen LogP contribution in [-0.2, 0) is 6.54 Å². The highest BCUT2D eigenvalue weighted by atomic mass is 35.5. The summed E-state index contributed by atoms with van der Waals surface area (Å²) in [7, 11) is 0. The molecule has 0 saturated carbocycles. The molecule has 0 saturated heterocycles. The van der Waals surface area contributed by atoms with E-state index in [1.165, 1.54) is 12.1 Å². The quantitative estimate of drug-likeness (QED) is 0.866. The summed E-state index contributed by atoms with van der Waals surface area (Å²) in [6.07, 6.45) is 0. The lowest BCUT2D eigenvalue weighted by Gasteiger charge is -2.15. The van der Waals surface area contributed by atoms with Crippen molar-refractivity contribution in [3.63, 3.8) is 0 Å². The van der Waals surface area contributed by atoms with E-state index in [0.717, 1.165) is 16.1 Å². The van der Waals surface area contributed by atoms with Gasteiger partial charge in [-0.05, 0) is 36.2 Å². The summed E-state index contributed by atoms with van der Waals surface area (Å²) >= 11 is 6.13. The maximum atomic E-state index is 12.8. The average Bonchev–Trinajstić information content (AvgIpc) is 2.38. The van der Waals surface area contributed by atoms with Crippen LogP contribution in [0.25, 0.3) is 0 Å². The largest absolute Gasteiger partial charge is 0.306 e. The molecule has 0 aliphatic rings. The van der Waals surface area contributed by atoms with Crippen molar-refractivity contribution in [2.45, 2.75) is 19.5 Å². The van der Waals surface area contributed by atoms with Crippen LogP contribution >= 0.6 is 11.6 Å². The second-order valence-electron chi connectivity index (χ2n) is 4.25. The van der Waals surface area contributed by atoms with Crippen molar-refractivity contribution in [1.29, 1.82) is 0 Å². The monoisotopic (exact) mass is 263 g/mol. The molecule has 1 N–H and O–H groups in total. The van der Waals surface area contributed by atoms with Crippen LogP contribution in [0.1, 0.15) is 24.1 Å². The minimum absolute atomic E-state index is 0.156. The average molecular weight is 264 g/mol. The van der Waals surface area contributed by atoms with Crippen LogP contribution in [0.15, 0.2) is 48.5 Å². The molecule has 2 aromatic carbocycles. The maximum absolute atomic E-state index is 12.8. The van der Waals surface area contributed by atoms with E-state index in [1.807, 2.05) is 24.3 Å². The molecule has 0 bridgehead atoms. The highest BCUT2D eigenvalue weighted by Crippen LogP contribution is 2.22. The fourth-order valence-corrected chi connectivity index (χ4v) is 2.11. The van der Waals surface area contributed by atoms with Gasteiger partial charge in [-0.15, -0.1) is 0 Å². The molecule has 0 fully saturated rings. The number of hydrogen-bond acceptors (Lipinski definition) is 1. The number of hydrogen-bond donors (Lipinski definition) is 1. The Bertz CT molecular complexity index is 510. The Morgan fingerprint density at radius 2 is 1.78 bits per heavy atom. The zero-order valence-electron chi connectivity index (χ0n) is 10.2. The lowest BCUT2D eigenvalue weighted by atomic mass is 10.1. The van der Waals surface area contributed by atoms with Gasteiger partial charge in [0.1, 0.15) is 5.82 Å². The summed E-state index contributed by atoms with van der Waals surface area (Å²) < 4.78 is 12.8. The zero-order valence-corrected chi connectivity index (χ0v) is 10.9. The normalized spacial score (nSPS) is 12.4. The van der Waals surface area contributed by atoms with Gasteiger partial charge in [-0.1, -0.05) is 41.9 Å². The fraction of sp³-hybridized carbons (Fsp3) is 0.200. The van der Waals surface area contributed by atoms with E-state index in [-0.39, 0.29) is 11.9 Å². The first-order chi connectivity index (χ1) is 8.66. The SMILES string of the molecule is C[C@@H](NCc1ccc(F)cc1)c1ccccc1Cl. The van der Waals surface area contributed by atoms with Crippen molar-refractivity contribution < 1.29 is 4.39 Å². The fourth-order valence-electron chi connectivity index (χ4n) is 1.81. The number of benzene rings is 2. The third-order valence-electron chi connectivity index (χ3n) is 2.90. The van der Waals surface area contributed by atoms with E-state index in [9.17, 15) is 4.39 Å². The lowest BCUT2D eigenvalue weighted by Crippen LogP contribution is -2.18. The first kappa shape index (κ1) is 13.1. The van der Waals surface area contributed by atoms with Crippen LogP contribution in [0.2, 0.25) is 5.02 Å². The first-order valence-electron chi connectivity index (χ1n) is 5.89. The van der Waals surface area contributed by atoms with Crippen molar-refractivity contribution in [3.05, 3.63) is 70.5 Å². The molecule has 1 atom stereocenters. The third-order valence-corrected chi connectivity index (χ3v) is 3.24. The van der Waals surface area contributed by atoms with E-state index in [4.69, 9.17) is 11.6 Å². The van der Waals surface area contributed by atoms with Gasteiger partial charge in [0, 0.05) is 17.6 Å². The molecular weight excluding hydrogens is 249 g/mol. The molecule has 0 amide bonds. The predicted octanol–water partition coefficient (Wildman–Crippen LogP) is 4.33. The topological polar surface area (TPSA) is 12.0 Å². The minimum atomic E-state index is -0.210. The molecule has 94 valence electrons. The molecule has 1 nitrogen and oxygen atoms in total. The molecule has 2 rings (SSSR count). The van der Waals surface area contributed by atoms with E-state index in [2.05, 4.69) is 12.2 Å². The Labute approximate surface area is 112 Å². The summed E-state index contributed by atoms with van der Waals surface area (Å²) in [5, 5.41) is 4.13. The molecule has 0 spiro atoms. The summed E-state index contributed by atoms with van der Waals surface area (Å²) in [6.45, 7) is 2.75. The molecule has 0 aromatic heterocycles. The summed E-state index contributed by atoms with van der Waals surface area (Å²) in [6, 6.07) is 14.4. The van der Waals surface area contributed by atoms with Crippen molar-refractivity contribution in [2.24, 2.45) is 0 Å². The molecule has 18 heavy (non-hydrogen) atoms. The number of halogens is 2. The van der Waals surface area contributed by atoms with E-state index >= 15 is 0 Å². The van der Waals surface area contributed by atoms with Gasteiger partial charge in [-0.2, -0.15) is 0 Å². The second-order valence-corrected chi connectivity index (χ2v) is 4.66. The van der Waals surface area contributed by atoms with Crippen LogP contribution in [-0.4, -0.2) is 0 Å². The standard InChI is InChI=1S/C15H15ClFN/c1-11(14-4-2-3-5-15(14)16)18-10-12-6-8-13(17)9-7-12/h2-9,11,18H,10H2,1H3/t11-/m1/s1.